The third-order valence-corrected chi connectivity index (χ3v) is 5.45. The molecule has 1 saturated carbocycles. The van der Waals surface area contributed by atoms with Crippen LogP contribution in [-0.4, -0.2) is 45.3 Å². The summed E-state index contributed by atoms with van der Waals surface area (Å²) in [5.74, 6) is 0.335. The number of unbranched alkanes of at least 4 members (excludes halogenated alkanes) is 1. The second-order valence-electron chi connectivity index (χ2n) is 7.82. The minimum Gasteiger partial charge on any atom is -0.353 e. The van der Waals surface area contributed by atoms with Crippen LogP contribution in [0.2, 0.25) is 0 Å². The lowest BCUT2D eigenvalue weighted by molar-refractivity contribution is -0.144. The number of hydrogen-bond donors (Lipinski definition) is 0. The maximum absolute atomic E-state index is 13.0. The van der Waals surface area contributed by atoms with Crippen LogP contribution in [0.5, 0.6) is 0 Å². The Balaban J connectivity index is 2.06. The van der Waals surface area contributed by atoms with Crippen molar-refractivity contribution in [3.05, 3.63) is 24.0 Å². The smallest absolute Gasteiger partial charge is 0.242 e. The topological polar surface area (TPSA) is 45.6 Å². The van der Waals surface area contributed by atoms with E-state index in [0.717, 1.165) is 50.8 Å². The molecule has 0 N–H and O–H groups in total. The first-order valence-corrected chi connectivity index (χ1v) is 10.1. The summed E-state index contributed by atoms with van der Waals surface area (Å²) < 4.78 is 2.05. The van der Waals surface area contributed by atoms with Gasteiger partial charge in [0.25, 0.3) is 0 Å². The highest BCUT2D eigenvalue weighted by Crippen LogP contribution is 2.27. The first-order valence-electron chi connectivity index (χ1n) is 10.1. The van der Waals surface area contributed by atoms with E-state index in [9.17, 15) is 9.59 Å². The van der Waals surface area contributed by atoms with E-state index in [1.165, 1.54) is 0 Å². The molecule has 0 spiro atoms. The van der Waals surface area contributed by atoms with E-state index in [-0.39, 0.29) is 30.3 Å². The number of carbonyl (C=O) groups excluding carboxylic acids is 2. The van der Waals surface area contributed by atoms with Gasteiger partial charge in [-0.25, -0.2) is 0 Å². The van der Waals surface area contributed by atoms with Gasteiger partial charge in [-0.2, -0.15) is 0 Å². The van der Waals surface area contributed by atoms with Gasteiger partial charge in [-0.3, -0.25) is 9.59 Å². The van der Waals surface area contributed by atoms with Gasteiger partial charge in [0, 0.05) is 37.4 Å². The SMILES string of the molecule is CCCCN(Cc1cccn1C)C(=O)CN(C(=O)C1CCCC1)C(C)C. The lowest BCUT2D eigenvalue weighted by Crippen LogP contribution is -2.47. The third-order valence-electron chi connectivity index (χ3n) is 5.45. The van der Waals surface area contributed by atoms with Crippen molar-refractivity contribution >= 4 is 11.8 Å². The quantitative estimate of drug-likeness (QED) is 0.675. The van der Waals surface area contributed by atoms with Crippen molar-refractivity contribution in [2.75, 3.05) is 13.1 Å². The largest absolute Gasteiger partial charge is 0.353 e. The summed E-state index contributed by atoms with van der Waals surface area (Å²) in [6.45, 7) is 7.69. The molecule has 2 amide bonds. The highest BCUT2D eigenvalue weighted by Gasteiger charge is 2.30. The van der Waals surface area contributed by atoms with Crippen LogP contribution in [0.3, 0.4) is 0 Å². The number of aromatic nitrogens is 1. The van der Waals surface area contributed by atoms with Gasteiger partial charge in [0.05, 0.1) is 13.1 Å². The van der Waals surface area contributed by atoms with Crippen molar-refractivity contribution in [3.63, 3.8) is 0 Å². The zero-order valence-electron chi connectivity index (χ0n) is 16.9. The second kappa shape index (κ2) is 9.79. The van der Waals surface area contributed by atoms with Gasteiger partial charge >= 0.3 is 0 Å². The number of nitrogens with zero attached hydrogens (tertiary/aromatic N) is 3. The zero-order chi connectivity index (χ0) is 19.1. The van der Waals surface area contributed by atoms with Crippen LogP contribution in [-0.2, 0) is 23.2 Å². The monoisotopic (exact) mass is 361 g/mol. The van der Waals surface area contributed by atoms with Crippen LogP contribution in [0.1, 0.15) is 65.0 Å². The molecule has 2 rings (SSSR count). The number of amides is 2. The predicted molar refractivity (Wildman–Crippen MR) is 105 cm³/mol. The summed E-state index contributed by atoms with van der Waals surface area (Å²) in [7, 11) is 2.00. The molecule has 1 aliphatic carbocycles. The Morgan fingerprint density at radius 2 is 1.96 bits per heavy atom. The van der Waals surface area contributed by atoms with Gasteiger partial charge in [-0.05, 0) is 45.2 Å². The Labute approximate surface area is 158 Å². The predicted octanol–water partition coefficient (Wildman–Crippen LogP) is 3.58. The highest BCUT2D eigenvalue weighted by molar-refractivity contribution is 5.86. The minimum absolute atomic E-state index is 0.0510. The lowest BCUT2D eigenvalue weighted by atomic mass is 10.1. The maximum Gasteiger partial charge on any atom is 0.242 e. The molecule has 5 nitrogen and oxygen atoms in total. The molecule has 0 unspecified atom stereocenters. The number of rotatable bonds is 9. The van der Waals surface area contributed by atoms with E-state index in [0.29, 0.717) is 6.54 Å². The summed E-state index contributed by atoms with van der Waals surface area (Å²) in [5.41, 5.74) is 1.12. The summed E-state index contributed by atoms with van der Waals surface area (Å²) >= 11 is 0. The van der Waals surface area contributed by atoms with Crippen LogP contribution in [0.4, 0.5) is 0 Å². The first-order chi connectivity index (χ1) is 12.4. The van der Waals surface area contributed by atoms with Gasteiger partial charge in [0.1, 0.15) is 0 Å². The van der Waals surface area contributed by atoms with E-state index in [1.54, 1.807) is 4.90 Å². The van der Waals surface area contributed by atoms with Crippen molar-refractivity contribution in [2.24, 2.45) is 13.0 Å². The maximum atomic E-state index is 13.0. The molecule has 0 saturated heterocycles. The summed E-state index contributed by atoms with van der Waals surface area (Å²) in [6.07, 6.45) is 8.24. The number of carbonyl (C=O) groups is 2. The average Bonchev–Trinajstić information content (AvgIpc) is 3.27. The molecule has 26 heavy (non-hydrogen) atoms. The highest BCUT2D eigenvalue weighted by atomic mass is 16.2. The molecule has 1 aliphatic rings. The fourth-order valence-electron chi connectivity index (χ4n) is 3.67. The molecule has 0 radical (unpaired) electrons. The van der Waals surface area contributed by atoms with E-state index < -0.39 is 0 Å². The standard InChI is InChI=1S/C21H35N3O2/c1-5-6-14-23(15-19-12-9-13-22(19)4)20(25)16-24(17(2)3)21(26)18-10-7-8-11-18/h9,12-13,17-18H,5-8,10-11,14-16H2,1-4H3. The van der Waals surface area contributed by atoms with Crippen molar-refractivity contribution in [1.29, 1.82) is 0 Å². The van der Waals surface area contributed by atoms with Crippen molar-refractivity contribution in [2.45, 2.75) is 71.9 Å². The molecule has 1 fully saturated rings. The Bertz CT molecular complexity index is 588. The van der Waals surface area contributed by atoms with Crippen LogP contribution in [0, 0.1) is 5.92 Å². The molecule has 5 heteroatoms. The van der Waals surface area contributed by atoms with Gasteiger partial charge in [-0.1, -0.05) is 26.2 Å². The summed E-state index contributed by atoms with van der Waals surface area (Å²) in [6, 6.07) is 4.10. The van der Waals surface area contributed by atoms with Gasteiger partial charge in [-0.15, -0.1) is 0 Å². The normalized spacial score (nSPS) is 14.8. The van der Waals surface area contributed by atoms with Crippen molar-refractivity contribution < 1.29 is 9.59 Å². The van der Waals surface area contributed by atoms with Crippen LogP contribution < -0.4 is 0 Å². The van der Waals surface area contributed by atoms with Crippen LogP contribution in [0.15, 0.2) is 18.3 Å². The molecule has 1 heterocycles. The molecule has 0 aliphatic heterocycles. The van der Waals surface area contributed by atoms with E-state index in [2.05, 4.69) is 17.6 Å². The fraction of sp³-hybridized carbons (Fsp3) is 0.714. The summed E-state index contributed by atoms with van der Waals surface area (Å²) in [5, 5.41) is 0. The van der Waals surface area contributed by atoms with E-state index in [4.69, 9.17) is 0 Å². The molecule has 0 atom stereocenters. The van der Waals surface area contributed by atoms with Gasteiger partial charge < -0.3 is 14.4 Å². The lowest BCUT2D eigenvalue weighted by Gasteiger charge is -2.32. The van der Waals surface area contributed by atoms with E-state index in [1.807, 2.05) is 38.1 Å². The fourth-order valence-corrected chi connectivity index (χ4v) is 3.67. The minimum atomic E-state index is 0.0510. The Kier molecular flexibility index (Phi) is 7.73. The first kappa shape index (κ1) is 20.5. The third kappa shape index (κ3) is 5.36. The molecule has 146 valence electrons. The van der Waals surface area contributed by atoms with Crippen molar-refractivity contribution in [3.8, 4) is 0 Å². The number of hydrogen-bond acceptors (Lipinski definition) is 2. The second-order valence-corrected chi connectivity index (χ2v) is 7.82. The summed E-state index contributed by atoms with van der Waals surface area (Å²) in [4.78, 5) is 29.6. The molecular weight excluding hydrogens is 326 g/mol. The molecule has 1 aromatic rings. The van der Waals surface area contributed by atoms with Gasteiger partial charge in [0.15, 0.2) is 0 Å². The number of aryl methyl sites for hydroxylation is 1. The van der Waals surface area contributed by atoms with E-state index >= 15 is 0 Å². The van der Waals surface area contributed by atoms with Crippen LogP contribution in [0.25, 0.3) is 0 Å². The van der Waals surface area contributed by atoms with Crippen molar-refractivity contribution in [1.82, 2.24) is 14.4 Å². The molecule has 0 bridgehead atoms. The average molecular weight is 362 g/mol. The Hall–Kier alpha value is -1.78. The van der Waals surface area contributed by atoms with Crippen LogP contribution >= 0.6 is 0 Å². The zero-order valence-corrected chi connectivity index (χ0v) is 16.9. The van der Waals surface area contributed by atoms with Gasteiger partial charge in [0.2, 0.25) is 11.8 Å². The molecular formula is C21H35N3O2. The molecule has 1 aromatic heterocycles. The Morgan fingerprint density at radius 1 is 1.27 bits per heavy atom. The Morgan fingerprint density at radius 3 is 2.50 bits per heavy atom. The molecule has 0 aromatic carbocycles.